The molecule has 2 atom stereocenters. The molecule has 0 spiro atoms. The van der Waals surface area contributed by atoms with E-state index in [0.29, 0.717) is 6.54 Å². The van der Waals surface area contributed by atoms with Gasteiger partial charge < -0.3 is 10.6 Å². The van der Waals surface area contributed by atoms with Gasteiger partial charge in [0.1, 0.15) is 0 Å². The van der Waals surface area contributed by atoms with Crippen LogP contribution in [-0.2, 0) is 17.5 Å². The van der Waals surface area contributed by atoms with E-state index in [1.165, 1.54) is 12.1 Å². The predicted molar refractivity (Wildman–Crippen MR) is 84.3 cm³/mol. The Balaban J connectivity index is 1.48. The zero-order valence-corrected chi connectivity index (χ0v) is 13.4. The third kappa shape index (κ3) is 4.27. The van der Waals surface area contributed by atoms with Crippen molar-refractivity contribution in [2.45, 2.75) is 44.1 Å². The van der Waals surface area contributed by atoms with Crippen LogP contribution in [0.5, 0.6) is 0 Å². The van der Waals surface area contributed by atoms with Gasteiger partial charge in [0.15, 0.2) is 0 Å². The lowest BCUT2D eigenvalue weighted by molar-refractivity contribution is -0.137. The van der Waals surface area contributed by atoms with E-state index in [-0.39, 0.29) is 18.0 Å². The van der Waals surface area contributed by atoms with Crippen LogP contribution < -0.4 is 10.6 Å². The summed E-state index contributed by atoms with van der Waals surface area (Å²) in [6.45, 7) is 3.07. The van der Waals surface area contributed by atoms with Crippen LogP contribution in [0, 0.1) is 0 Å². The summed E-state index contributed by atoms with van der Waals surface area (Å²) in [7, 11) is 0. The minimum Gasteiger partial charge on any atom is -0.351 e. The SMILES string of the molecule is O=C(N[C@H]1CCN(Cc2ccc(C(F)(F)F)cc2)C1)[C@@H]1CCCN1. The van der Waals surface area contributed by atoms with Gasteiger partial charge in [0, 0.05) is 25.7 Å². The lowest BCUT2D eigenvalue weighted by atomic mass is 10.1. The van der Waals surface area contributed by atoms with E-state index in [4.69, 9.17) is 0 Å². The molecule has 2 fully saturated rings. The average molecular weight is 341 g/mol. The fraction of sp³-hybridized carbons (Fsp3) is 0.588. The summed E-state index contributed by atoms with van der Waals surface area (Å²) in [5.41, 5.74) is 0.231. The minimum absolute atomic E-state index is 0.0638. The number of carbonyl (C=O) groups excluding carboxylic acids is 1. The molecule has 2 N–H and O–H groups in total. The van der Waals surface area contributed by atoms with Crippen molar-refractivity contribution >= 4 is 5.91 Å². The highest BCUT2D eigenvalue weighted by molar-refractivity contribution is 5.82. The normalized spacial score (nSPS) is 25.1. The first-order valence-corrected chi connectivity index (χ1v) is 8.34. The lowest BCUT2D eigenvalue weighted by Crippen LogP contribution is -2.46. The van der Waals surface area contributed by atoms with Gasteiger partial charge in [-0.3, -0.25) is 9.69 Å². The van der Waals surface area contributed by atoms with Gasteiger partial charge in [-0.15, -0.1) is 0 Å². The van der Waals surface area contributed by atoms with Crippen LogP contribution in [0.25, 0.3) is 0 Å². The van der Waals surface area contributed by atoms with E-state index in [1.807, 2.05) is 0 Å². The number of hydrogen-bond acceptors (Lipinski definition) is 3. The van der Waals surface area contributed by atoms with E-state index in [0.717, 1.165) is 56.6 Å². The summed E-state index contributed by atoms with van der Waals surface area (Å²) in [4.78, 5) is 14.3. The molecule has 2 aliphatic heterocycles. The van der Waals surface area contributed by atoms with E-state index in [2.05, 4.69) is 15.5 Å². The number of likely N-dealkylation sites (tertiary alicyclic amines) is 1. The van der Waals surface area contributed by atoms with Crippen LogP contribution in [0.4, 0.5) is 13.2 Å². The summed E-state index contributed by atoms with van der Waals surface area (Å²) in [5, 5.41) is 6.25. The number of amides is 1. The molecule has 2 saturated heterocycles. The Morgan fingerprint density at radius 2 is 2.00 bits per heavy atom. The van der Waals surface area contributed by atoms with Gasteiger partial charge in [-0.25, -0.2) is 0 Å². The molecular weight excluding hydrogens is 319 g/mol. The molecule has 1 aromatic rings. The third-order valence-electron chi connectivity index (χ3n) is 4.68. The highest BCUT2D eigenvalue weighted by atomic mass is 19.4. The molecule has 0 aromatic heterocycles. The minimum atomic E-state index is -4.30. The zero-order chi connectivity index (χ0) is 17.2. The average Bonchev–Trinajstić information content (AvgIpc) is 3.19. The number of rotatable bonds is 4. The van der Waals surface area contributed by atoms with Crippen molar-refractivity contribution in [3.8, 4) is 0 Å². The number of carbonyl (C=O) groups is 1. The van der Waals surface area contributed by atoms with Crippen molar-refractivity contribution in [1.29, 1.82) is 0 Å². The molecule has 4 nitrogen and oxygen atoms in total. The number of halogens is 3. The molecule has 0 saturated carbocycles. The van der Waals surface area contributed by atoms with E-state index in [1.54, 1.807) is 0 Å². The smallest absolute Gasteiger partial charge is 0.351 e. The largest absolute Gasteiger partial charge is 0.416 e. The fourth-order valence-corrected chi connectivity index (χ4v) is 3.36. The second-order valence-electron chi connectivity index (χ2n) is 6.57. The molecule has 1 amide bonds. The Labute approximate surface area is 139 Å². The molecule has 2 heterocycles. The van der Waals surface area contributed by atoms with Crippen molar-refractivity contribution in [3.63, 3.8) is 0 Å². The Hall–Kier alpha value is -1.60. The van der Waals surface area contributed by atoms with Gasteiger partial charge >= 0.3 is 6.18 Å². The molecule has 0 bridgehead atoms. The molecule has 132 valence electrons. The molecule has 3 rings (SSSR count). The fourth-order valence-electron chi connectivity index (χ4n) is 3.36. The second-order valence-corrected chi connectivity index (χ2v) is 6.57. The first-order valence-electron chi connectivity index (χ1n) is 8.34. The van der Waals surface area contributed by atoms with Gasteiger partial charge in [0.25, 0.3) is 0 Å². The molecule has 0 unspecified atom stereocenters. The summed E-state index contributed by atoms with van der Waals surface area (Å²) >= 11 is 0. The Bertz CT molecular complexity index is 567. The van der Waals surface area contributed by atoms with Gasteiger partial charge in [-0.05, 0) is 43.5 Å². The van der Waals surface area contributed by atoms with Crippen LogP contribution in [-0.4, -0.2) is 42.5 Å². The molecule has 0 radical (unpaired) electrons. The number of nitrogens with zero attached hydrogens (tertiary/aromatic N) is 1. The summed E-state index contributed by atoms with van der Waals surface area (Å²) in [6, 6.07) is 5.34. The second kappa shape index (κ2) is 7.11. The van der Waals surface area contributed by atoms with E-state index in [9.17, 15) is 18.0 Å². The van der Waals surface area contributed by atoms with Gasteiger partial charge in [-0.1, -0.05) is 12.1 Å². The maximum absolute atomic E-state index is 12.6. The van der Waals surface area contributed by atoms with Crippen LogP contribution in [0.1, 0.15) is 30.4 Å². The Morgan fingerprint density at radius 3 is 2.62 bits per heavy atom. The zero-order valence-electron chi connectivity index (χ0n) is 13.4. The lowest BCUT2D eigenvalue weighted by Gasteiger charge is -2.18. The predicted octanol–water partition coefficient (Wildman–Crippen LogP) is 2.15. The quantitative estimate of drug-likeness (QED) is 0.882. The maximum atomic E-state index is 12.6. The molecule has 24 heavy (non-hydrogen) atoms. The topological polar surface area (TPSA) is 44.4 Å². The Morgan fingerprint density at radius 1 is 1.25 bits per heavy atom. The molecular formula is C17H22F3N3O. The van der Waals surface area contributed by atoms with Gasteiger partial charge in [0.2, 0.25) is 5.91 Å². The van der Waals surface area contributed by atoms with Crippen molar-refractivity contribution in [3.05, 3.63) is 35.4 Å². The monoisotopic (exact) mass is 341 g/mol. The van der Waals surface area contributed by atoms with Crippen molar-refractivity contribution in [2.24, 2.45) is 0 Å². The Kier molecular flexibility index (Phi) is 5.10. The first kappa shape index (κ1) is 17.2. The number of alkyl halides is 3. The van der Waals surface area contributed by atoms with Crippen LogP contribution in [0.15, 0.2) is 24.3 Å². The van der Waals surface area contributed by atoms with Crippen LogP contribution in [0.2, 0.25) is 0 Å². The standard InChI is InChI=1S/C17H22F3N3O/c18-17(19,20)13-5-3-12(4-6-13)10-23-9-7-14(11-23)22-16(24)15-2-1-8-21-15/h3-6,14-15,21H,1-2,7-11H2,(H,22,24)/t14-,15-/m0/s1. The van der Waals surface area contributed by atoms with E-state index >= 15 is 0 Å². The number of hydrogen-bond donors (Lipinski definition) is 2. The summed E-state index contributed by atoms with van der Waals surface area (Å²) in [5.74, 6) is 0.0638. The highest BCUT2D eigenvalue weighted by Crippen LogP contribution is 2.29. The highest BCUT2D eigenvalue weighted by Gasteiger charge is 2.31. The molecule has 0 aliphatic carbocycles. The number of benzene rings is 1. The maximum Gasteiger partial charge on any atom is 0.416 e. The third-order valence-corrected chi connectivity index (χ3v) is 4.68. The van der Waals surface area contributed by atoms with Crippen molar-refractivity contribution < 1.29 is 18.0 Å². The van der Waals surface area contributed by atoms with Crippen LogP contribution in [0.3, 0.4) is 0 Å². The molecule has 2 aliphatic rings. The van der Waals surface area contributed by atoms with E-state index < -0.39 is 11.7 Å². The summed E-state index contributed by atoms with van der Waals surface area (Å²) < 4.78 is 37.7. The van der Waals surface area contributed by atoms with Gasteiger partial charge in [0.05, 0.1) is 11.6 Å². The van der Waals surface area contributed by atoms with Gasteiger partial charge in [-0.2, -0.15) is 13.2 Å². The summed E-state index contributed by atoms with van der Waals surface area (Å²) in [6.07, 6.45) is -1.51. The molecule has 1 aromatic carbocycles. The molecule has 7 heteroatoms. The first-order chi connectivity index (χ1) is 11.4. The van der Waals surface area contributed by atoms with Crippen molar-refractivity contribution in [2.75, 3.05) is 19.6 Å². The van der Waals surface area contributed by atoms with Crippen LogP contribution >= 0.6 is 0 Å². The van der Waals surface area contributed by atoms with Crippen molar-refractivity contribution in [1.82, 2.24) is 15.5 Å². The number of nitrogens with one attached hydrogen (secondary N) is 2.